The number of nitrogens with one attached hydrogen (secondary N) is 1. The molecule has 2 heterocycles. The summed E-state index contributed by atoms with van der Waals surface area (Å²) in [6.45, 7) is 3.65. The zero-order valence-electron chi connectivity index (χ0n) is 10.0. The van der Waals surface area contributed by atoms with Crippen molar-refractivity contribution in [2.75, 3.05) is 5.32 Å². The Hall–Kier alpha value is -2.11. The van der Waals surface area contributed by atoms with Crippen LogP contribution < -0.4 is 5.32 Å². The molecule has 0 radical (unpaired) electrons. The summed E-state index contributed by atoms with van der Waals surface area (Å²) in [5, 5.41) is 10.6. The summed E-state index contributed by atoms with van der Waals surface area (Å²) in [7, 11) is 1.79. The van der Waals surface area contributed by atoms with E-state index in [9.17, 15) is 4.79 Å². The van der Waals surface area contributed by atoms with Crippen LogP contribution in [0.3, 0.4) is 0 Å². The number of hydrogen-bond donors (Lipinski definition) is 1. The summed E-state index contributed by atoms with van der Waals surface area (Å²) in [5.41, 5.74) is 1.16. The van der Waals surface area contributed by atoms with Crippen molar-refractivity contribution in [2.24, 2.45) is 7.05 Å². The smallest absolute Gasteiger partial charge is 0.262 e. The van der Waals surface area contributed by atoms with Gasteiger partial charge in [-0.2, -0.15) is 5.10 Å². The number of aryl methyl sites for hydroxylation is 3. The largest absolute Gasteiger partial charge is 0.361 e. The van der Waals surface area contributed by atoms with E-state index in [0.29, 0.717) is 29.3 Å². The maximum Gasteiger partial charge on any atom is 0.262 e. The van der Waals surface area contributed by atoms with Gasteiger partial charge >= 0.3 is 0 Å². The van der Waals surface area contributed by atoms with Crippen LogP contribution in [0.4, 0.5) is 5.82 Å². The molecule has 2 rings (SSSR count). The maximum absolute atomic E-state index is 12.0. The minimum atomic E-state index is -0.237. The lowest BCUT2D eigenvalue weighted by Gasteiger charge is -2.01. The molecule has 6 nitrogen and oxygen atoms in total. The monoisotopic (exact) mass is 234 g/mol. The van der Waals surface area contributed by atoms with Gasteiger partial charge in [0.25, 0.3) is 5.91 Å². The third-order valence-electron chi connectivity index (χ3n) is 2.45. The SMILES string of the molecule is CCc1noc(C)c1C(=O)Nc1ccn(C)n1. The van der Waals surface area contributed by atoms with Crippen molar-refractivity contribution < 1.29 is 9.32 Å². The van der Waals surface area contributed by atoms with Gasteiger partial charge in [0.2, 0.25) is 0 Å². The van der Waals surface area contributed by atoms with Gasteiger partial charge in [-0.3, -0.25) is 9.48 Å². The van der Waals surface area contributed by atoms with Crippen molar-refractivity contribution in [3.8, 4) is 0 Å². The topological polar surface area (TPSA) is 73.0 Å². The van der Waals surface area contributed by atoms with Gasteiger partial charge in [0.1, 0.15) is 11.3 Å². The van der Waals surface area contributed by atoms with Gasteiger partial charge in [0, 0.05) is 19.3 Å². The van der Waals surface area contributed by atoms with Crippen molar-refractivity contribution in [1.29, 1.82) is 0 Å². The Labute approximate surface area is 98.6 Å². The molecule has 0 aliphatic carbocycles. The normalized spacial score (nSPS) is 10.5. The van der Waals surface area contributed by atoms with E-state index in [0.717, 1.165) is 0 Å². The molecular formula is C11H14N4O2. The minimum Gasteiger partial charge on any atom is -0.361 e. The van der Waals surface area contributed by atoms with Gasteiger partial charge in [0.15, 0.2) is 5.82 Å². The van der Waals surface area contributed by atoms with Crippen molar-refractivity contribution in [3.63, 3.8) is 0 Å². The van der Waals surface area contributed by atoms with E-state index in [1.165, 1.54) is 0 Å². The molecule has 6 heteroatoms. The van der Waals surface area contributed by atoms with E-state index in [1.54, 1.807) is 30.9 Å². The van der Waals surface area contributed by atoms with Crippen LogP contribution in [0.5, 0.6) is 0 Å². The number of amides is 1. The summed E-state index contributed by atoms with van der Waals surface area (Å²) < 4.78 is 6.64. The molecule has 17 heavy (non-hydrogen) atoms. The molecule has 1 amide bonds. The maximum atomic E-state index is 12.0. The zero-order chi connectivity index (χ0) is 12.4. The van der Waals surface area contributed by atoms with Gasteiger partial charge in [-0.15, -0.1) is 0 Å². The van der Waals surface area contributed by atoms with Gasteiger partial charge in [-0.05, 0) is 13.3 Å². The number of aromatic nitrogens is 3. The molecule has 0 fully saturated rings. The molecular weight excluding hydrogens is 220 g/mol. The number of anilines is 1. The van der Waals surface area contributed by atoms with E-state index in [1.807, 2.05) is 6.92 Å². The molecule has 0 saturated heterocycles. The predicted octanol–water partition coefficient (Wildman–Crippen LogP) is 1.53. The Kier molecular flexibility index (Phi) is 2.95. The second kappa shape index (κ2) is 4.40. The average molecular weight is 234 g/mol. The second-order valence-corrected chi connectivity index (χ2v) is 3.74. The van der Waals surface area contributed by atoms with Gasteiger partial charge in [-0.25, -0.2) is 0 Å². The molecule has 0 aliphatic heterocycles. The van der Waals surface area contributed by atoms with E-state index >= 15 is 0 Å². The van der Waals surface area contributed by atoms with Crippen LogP contribution >= 0.6 is 0 Å². The Morgan fingerprint density at radius 3 is 2.94 bits per heavy atom. The lowest BCUT2D eigenvalue weighted by Crippen LogP contribution is -2.14. The predicted molar refractivity (Wildman–Crippen MR) is 61.8 cm³/mol. The molecule has 2 aromatic heterocycles. The third kappa shape index (κ3) is 2.20. The van der Waals surface area contributed by atoms with Gasteiger partial charge in [-0.1, -0.05) is 12.1 Å². The molecule has 0 spiro atoms. The van der Waals surface area contributed by atoms with E-state index in [-0.39, 0.29) is 5.91 Å². The molecule has 0 bridgehead atoms. The number of rotatable bonds is 3. The van der Waals surface area contributed by atoms with Gasteiger partial charge < -0.3 is 9.84 Å². The summed E-state index contributed by atoms with van der Waals surface area (Å²) >= 11 is 0. The lowest BCUT2D eigenvalue weighted by atomic mass is 10.1. The summed E-state index contributed by atoms with van der Waals surface area (Å²) in [6.07, 6.45) is 2.42. The first-order chi connectivity index (χ1) is 8.11. The van der Waals surface area contributed by atoms with Crippen LogP contribution in [0.15, 0.2) is 16.8 Å². The molecule has 0 saturated carbocycles. The molecule has 0 atom stereocenters. The first kappa shape index (κ1) is 11.4. The fourth-order valence-corrected chi connectivity index (χ4v) is 1.61. The minimum absolute atomic E-state index is 0.237. The van der Waals surface area contributed by atoms with Crippen LogP contribution in [0.1, 0.15) is 28.7 Å². The molecule has 0 aromatic carbocycles. The van der Waals surface area contributed by atoms with Crippen molar-refractivity contribution in [2.45, 2.75) is 20.3 Å². The number of carbonyl (C=O) groups excluding carboxylic acids is 1. The highest BCUT2D eigenvalue weighted by Gasteiger charge is 2.19. The first-order valence-corrected chi connectivity index (χ1v) is 5.38. The standard InChI is InChI=1S/C11H14N4O2/c1-4-8-10(7(2)17-14-8)11(16)12-9-5-6-15(3)13-9/h5-6H,4H2,1-3H3,(H,12,13,16). The lowest BCUT2D eigenvalue weighted by molar-refractivity contribution is 0.102. The van der Waals surface area contributed by atoms with Gasteiger partial charge in [0.05, 0.1) is 5.69 Å². The molecule has 0 aliphatic rings. The molecule has 90 valence electrons. The highest BCUT2D eigenvalue weighted by Crippen LogP contribution is 2.15. The van der Waals surface area contributed by atoms with Crippen LogP contribution in [0.25, 0.3) is 0 Å². The highest BCUT2D eigenvalue weighted by atomic mass is 16.5. The number of hydrogen-bond acceptors (Lipinski definition) is 4. The first-order valence-electron chi connectivity index (χ1n) is 5.38. The Morgan fingerprint density at radius 2 is 2.35 bits per heavy atom. The third-order valence-corrected chi connectivity index (χ3v) is 2.45. The van der Waals surface area contributed by atoms with Crippen LogP contribution in [0, 0.1) is 6.92 Å². The van der Waals surface area contributed by atoms with E-state index < -0.39 is 0 Å². The van der Waals surface area contributed by atoms with Crippen LogP contribution in [-0.4, -0.2) is 20.8 Å². The quantitative estimate of drug-likeness (QED) is 0.874. The van der Waals surface area contributed by atoms with Crippen LogP contribution in [-0.2, 0) is 13.5 Å². The fourth-order valence-electron chi connectivity index (χ4n) is 1.61. The van der Waals surface area contributed by atoms with Crippen molar-refractivity contribution in [3.05, 3.63) is 29.3 Å². The molecule has 0 unspecified atom stereocenters. The Balaban J connectivity index is 2.22. The summed E-state index contributed by atoms with van der Waals surface area (Å²) in [5.74, 6) is 0.801. The van der Waals surface area contributed by atoms with Crippen LogP contribution in [0.2, 0.25) is 0 Å². The fraction of sp³-hybridized carbons (Fsp3) is 0.364. The Morgan fingerprint density at radius 1 is 1.59 bits per heavy atom. The summed E-state index contributed by atoms with van der Waals surface area (Å²) in [6, 6.07) is 1.73. The van der Waals surface area contributed by atoms with E-state index in [4.69, 9.17) is 4.52 Å². The van der Waals surface area contributed by atoms with Crippen molar-refractivity contribution in [1.82, 2.24) is 14.9 Å². The zero-order valence-corrected chi connectivity index (χ0v) is 10.0. The second-order valence-electron chi connectivity index (χ2n) is 3.74. The average Bonchev–Trinajstić information content (AvgIpc) is 2.84. The number of nitrogens with zero attached hydrogens (tertiary/aromatic N) is 3. The van der Waals surface area contributed by atoms with Crippen molar-refractivity contribution >= 4 is 11.7 Å². The Bertz CT molecular complexity index is 541. The highest BCUT2D eigenvalue weighted by molar-refractivity contribution is 6.05. The van der Waals surface area contributed by atoms with E-state index in [2.05, 4.69) is 15.6 Å². The number of carbonyl (C=O) groups is 1. The summed E-state index contributed by atoms with van der Waals surface area (Å²) in [4.78, 5) is 12.0. The molecule has 2 aromatic rings. The molecule has 1 N–H and O–H groups in total.